The Balaban J connectivity index is 1.93. The van der Waals surface area contributed by atoms with Gasteiger partial charge in [-0.15, -0.1) is 10.2 Å². The van der Waals surface area contributed by atoms with E-state index in [0.717, 1.165) is 24.1 Å². The molecule has 0 bridgehead atoms. The molecule has 2 heterocycles. The fraction of sp³-hybridized carbons (Fsp3) is 0.421. The zero-order valence-corrected chi connectivity index (χ0v) is 15.3. The number of unbranched alkanes of at least 4 members (excludes halogenated alkanes) is 4. The molecule has 1 aliphatic rings. The van der Waals surface area contributed by atoms with Gasteiger partial charge in [-0.3, -0.25) is 4.79 Å². The fourth-order valence-electron chi connectivity index (χ4n) is 2.97. The number of anilines is 1. The van der Waals surface area contributed by atoms with Crippen LogP contribution in [0.15, 0.2) is 24.3 Å². The zero-order chi connectivity index (χ0) is 17.8. The van der Waals surface area contributed by atoms with Crippen molar-refractivity contribution in [3.63, 3.8) is 0 Å². The van der Waals surface area contributed by atoms with Crippen molar-refractivity contribution in [3.05, 3.63) is 40.5 Å². The third-order valence-electron chi connectivity index (χ3n) is 4.30. The van der Waals surface area contributed by atoms with Crippen LogP contribution in [0.1, 0.15) is 54.9 Å². The van der Waals surface area contributed by atoms with Gasteiger partial charge in [-0.1, -0.05) is 50.3 Å². The van der Waals surface area contributed by atoms with Crippen LogP contribution in [0.2, 0.25) is 5.15 Å². The molecule has 5 nitrogen and oxygen atoms in total. The maximum Gasteiger partial charge on any atom is 0.264 e. The highest BCUT2D eigenvalue weighted by molar-refractivity contribution is 6.29. The highest BCUT2D eigenvalue weighted by Gasteiger charge is 2.29. The molecular weight excluding hydrogens is 338 g/mol. The number of amides is 1. The van der Waals surface area contributed by atoms with Crippen LogP contribution >= 0.6 is 11.6 Å². The molecule has 1 aliphatic heterocycles. The van der Waals surface area contributed by atoms with E-state index >= 15 is 0 Å². The predicted molar refractivity (Wildman–Crippen MR) is 98.7 cm³/mol. The number of ether oxygens (including phenoxy) is 1. The van der Waals surface area contributed by atoms with Crippen LogP contribution in [0.4, 0.5) is 5.69 Å². The van der Waals surface area contributed by atoms with Crippen molar-refractivity contribution in [1.29, 1.82) is 0 Å². The summed E-state index contributed by atoms with van der Waals surface area (Å²) in [5.74, 6) is 0.678. The van der Waals surface area contributed by atoms with Crippen LogP contribution in [0.5, 0.6) is 11.6 Å². The molecule has 25 heavy (non-hydrogen) atoms. The zero-order valence-electron chi connectivity index (χ0n) is 14.6. The molecular formula is C19H22ClN3O2. The van der Waals surface area contributed by atoms with Crippen molar-refractivity contribution >= 4 is 23.2 Å². The third-order valence-corrected chi connectivity index (χ3v) is 4.49. The second kappa shape index (κ2) is 7.83. The summed E-state index contributed by atoms with van der Waals surface area (Å²) in [4.78, 5) is 14.8. The molecule has 132 valence electrons. The van der Waals surface area contributed by atoms with Crippen molar-refractivity contribution in [2.24, 2.45) is 0 Å². The topological polar surface area (TPSA) is 55.3 Å². The Morgan fingerprint density at radius 3 is 2.72 bits per heavy atom. The van der Waals surface area contributed by atoms with Gasteiger partial charge in [-0.05, 0) is 37.1 Å². The number of carbonyl (C=O) groups is 1. The van der Waals surface area contributed by atoms with Gasteiger partial charge in [0.1, 0.15) is 5.56 Å². The first-order chi connectivity index (χ1) is 12.1. The quantitative estimate of drug-likeness (QED) is 0.668. The fourth-order valence-corrected chi connectivity index (χ4v) is 3.11. The molecule has 0 aliphatic carbocycles. The molecule has 2 aromatic rings. The first-order valence-electron chi connectivity index (χ1n) is 8.73. The van der Waals surface area contributed by atoms with Crippen molar-refractivity contribution in [3.8, 4) is 11.6 Å². The maximum absolute atomic E-state index is 13.1. The summed E-state index contributed by atoms with van der Waals surface area (Å²) < 4.78 is 5.89. The van der Waals surface area contributed by atoms with Crippen molar-refractivity contribution < 1.29 is 9.53 Å². The highest BCUT2D eigenvalue weighted by Crippen LogP contribution is 2.38. The summed E-state index contributed by atoms with van der Waals surface area (Å²) >= 11 is 5.94. The van der Waals surface area contributed by atoms with Crippen molar-refractivity contribution in [2.75, 3.05) is 11.4 Å². The number of halogens is 1. The average molecular weight is 360 g/mol. The minimum Gasteiger partial charge on any atom is -0.435 e. The molecule has 0 saturated heterocycles. The number of carbonyl (C=O) groups excluding carboxylic acids is 1. The highest BCUT2D eigenvalue weighted by atomic mass is 35.5. The number of nitrogens with zero attached hydrogens (tertiary/aromatic N) is 3. The van der Waals surface area contributed by atoms with Crippen LogP contribution in [0.25, 0.3) is 0 Å². The largest absolute Gasteiger partial charge is 0.435 e. The second-order valence-electron chi connectivity index (χ2n) is 6.33. The van der Waals surface area contributed by atoms with Crippen LogP contribution in [-0.4, -0.2) is 22.6 Å². The van der Waals surface area contributed by atoms with Gasteiger partial charge in [0.05, 0.1) is 5.69 Å². The Bertz CT molecular complexity index is 779. The van der Waals surface area contributed by atoms with E-state index in [-0.39, 0.29) is 16.9 Å². The van der Waals surface area contributed by atoms with Gasteiger partial charge < -0.3 is 9.64 Å². The Morgan fingerprint density at radius 2 is 1.92 bits per heavy atom. The monoisotopic (exact) mass is 359 g/mol. The standard InChI is InChI=1S/C19H22ClN3O2/c1-3-4-5-6-7-10-23-15-9-8-13(2)11-16(15)25-18-14(19(23)24)12-17(20)21-22-18/h8-9,11-12H,3-7,10H2,1-2H3. The van der Waals surface area contributed by atoms with Crippen LogP contribution in [0, 0.1) is 6.92 Å². The Morgan fingerprint density at radius 1 is 1.12 bits per heavy atom. The van der Waals surface area contributed by atoms with E-state index in [1.807, 2.05) is 25.1 Å². The number of benzene rings is 1. The van der Waals surface area contributed by atoms with Gasteiger partial charge in [-0.2, -0.15) is 0 Å². The van der Waals surface area contributed by atoms with E-state index in [1.165, 1.54) is 25.3 Å². The molecule has 3 rings (SSSR count). The number of rotatable bonds is 6. The summed E-state index contributed by atoms with van der Waals surface area (Å²) in [6, 6.07) is 7.34. The van der Waals surface area contributed by atoms with Gasteiger partial charge in [0, 0.05) is 6.54 Å². The molecule has 1 amide bonds. The van der Waals surface area contributed by atoms with Gasteiger partial charge in [0.25, 0.3) is 11.8 Å². The lowest BCUT2D eigenvalue weighted by Crippen LogP contribution is -2.31. The molecule has 0 N–H and O–H groups in total. The summed E-state index contributed by atoms with van der Waals surface area (Å²) in [5, 5.41) is 7.95. The van der Waals surface area contributed by atoms with Gasteiger partial charge >= 0.3 is 0 Å². The lowest BCUT2D eigenvalue weighted by Gasteiger charge is -2.22. The SMILES string of the molecule is CCCCCCCN1C(=O)c2cc(Cl)nnc2Oc2cc(C)ccc21. The van der Waals surface area contributed by atoms with Gasteiger partial charge in [0.15, 0.2) is 10.9 Å². The average Bonchev–Trinajstić information content (AvgIpc) is 2.70. The molecule has 0 spiro atoms. The number of hydrogen-bond acceptors (Lipinski definition) is 4. The second-order valence-corrected chi connectivity index (χ2v) is 6.72. The summed E-state index contributed by atoms with van der Waals surface area (Å²) in [7, 11) is 0. The summed E-state index contributed by atoms with van der Waals surface area (Å²) in [5.41, 5.74) is 2.17. The van der Waals surface area contributed by atoms with Crippen LogP contribution in [-0.2, 0) is 0 Å². The molecule has 0 fully saturated rings. The smallest absolute Gasteiger partial charge is 0.264 e. The lowest BCUT2D eigenvalue weighted by atomic mass is 10.1. The Kier molecular flexibility index (Phi) is 5.53. The molecule has 1 aromatic carbocycles. The van der Waals surface area contributed by atoms with E-state index in [1.54, 1.807) is 4.90 Å². The molecule has 1 aromatic heterocycles. The number of fused-ring (bicyclic) bond motifs is 2. The van der Waals surface area contributed by atoms with E-state index in [9.17, 15) is 4.79 Å². The van der Waals surface area contributed by atoms with E-state index in [4.69, 9.17) is 16.3 Å². The van der Waals surface area contributed by atoms with Gasteiger partial charge in [0.2, 0.25) is 0 Å². The van der Waals surface area contributed by atoms with E-state index in [0.29, 0.717) is 17.9 Å². The Labute approximate surface area is 153 Å². The molecule has 0 saturated carbocycles. The molecule has 0 radical (unpaired) electrons. The van der Waals surface area contributed by atoms with Crippen molar-refractivity contribution in [1.82, 2.24) is 10.2 Å². The summed E-state index contributed by atoms with van der Waals surface area (Å²) in [6.45, 7) is 4.82. The first kappa shape index (κ1) is 17.7. The predicted octanol–water partition coefficient (Wildman–Crippen LogP) is 5.16. The summed E-state index contributed by atoms with van der Waals surface area (Å²) in [6.07, 6.45) is 5.65. The maximum atomic E-state index is 13.1. The van der Waals surface area contributed by atoms with Crippen LogP contribution in [0.3, 0.4) is 0 Å². The van der Waals surface area contributed by atoms with Crippen molar-refractivity contribution in [2.45, 2.75) is 46.0 Å². The normalized spacial score (nSPS) is 13.1. The molecule has 0 unspecified atom stereocenters. The minimum absolute atomic E-state index is 0.148. The van der Waals surface area contributed by atoms with Gasteiger partial charge in [-0.25, -0.2) is 0 Å². The Hall–Kier alpha value is -2.14. The lowest BCUT2D eigenvalue weighted by molar-refractivity contribution is 0.0986. The molecule has 6 heteroatoms. The first-order valence-corrected chi connectivity index (χ1v) is 9.11. The number of aromatic nitrogens is 2. The number of aryl methyl sites for hydroxylation is 1. The van der Waals surface area contributed by atoms with Crippen LogP contribution < -0.4 is 9.64 Å². The van der Waals surface area contributed by atoms with E-state index in [2.05, 4.69) is 17.1 Å². The number of hydrogen-bond donors (Lipinski definition) is 0. The minimum atomic E-state index is -0.148. The molecule has 0 atom stereocenters. The third kappa shape index (κ3) is 3.93. The van der Waals surface area contributed by atoms with E-state index < -0.39 is 0 Å².